The van der Waals surface area contributed by atoms with E-state index in [1.165, 1.54) is 23.5 Å². The number of hydrogen-bond acceptors (Lipinski definition) is 5. The Morgan fingerprint density at radius 1 is 1.07 bits per heavy atom. The van der Waals surface area contributed by atoms with E-state index >= 15 is 0 Å². The van der Waals surface area contributed by atoms with Crippen molar-refractivity contribution in [2.45, 2.75) is 16.3 Å². The van der Waals surface area contributed by atoms with Crippen molar-refractivity contribution in [1.82, 2.24) is 4.72 Å². The maximum absolute atomic E-state index is 12.5. The highest BCUT2D eigenvalue weighted by atomic mass is 32.2. The Hall–Kier alpha value is -2.13. The van der Waals surface area contributed by atoms with Crippen LogP contribution in [-0.4, -0.2) is 20.6 Å². The summed E-state index contributed by atoms with van der Waals surface area (Å²) in [4.78, 5) is 14.5. The molecule has 0 spiro atoms. The zero-order chi connectivity index (χ0) is 19.3. The van der Waals surface area contributed by atoms with Gasteiger partial charge in [-0.3, -0.25) is 4.79 Å². The Balaban J connectivity index is 1.72. The Labute approximate surface area is 166 Å². The van der Waals surface area contributed by atoms with E-state index in [0.717, 1.165) is 9.77 Å². The summed E-state index contributed by atoms with van der Waals surface area (Å²) in [6.07, 6.45) is 1.98. The largest absolute Gasteiger partial charge is 0.322 e. The molecule has 1 aromatic heterocycles. The topological polar surface area (TPSA) is 75.3 Å². The van der Waals surface area contributed by atoms with Crippen molar-refractivity contribution < 1.29 is 13.2 Å². The number of carbonyl (C=O) groups excluding carboxylic acids is 1. The molecule has 8 heteroatoms. The molecule has 2 N–H and O–H groups in total. The molecule has 5 nitrogen and oxygen atoms in total. The third-order valence-electron chi connectivity index (χ3n) is 3.77. The first-order chi connectivity index (χ1) is 13.0. The molecule has 0 atom stereocenters. The Bertz CT molecular complexity index is 1010. The highest BCUT2D eigenvalue weighted by Gasteiger charge is 2.16. The van der Waals surface area contributed by atoms with Crippen LogP contribution in [0.25, 0.3) is 0 Å². The van der Waals surface area contributed by atoms with E-state index < -0.39 is 10.0 Å². The summed E-state index contributed by atoms with van der Waals surface area (Å²) in [5.41, 5.74) is 0.935. The van der Waals surface area contributed by atoms with Gasteiger partial charge < -0.3 is 5.32 Å². The third-order valence-corrected chi connectivity index (χ3v) is 6.79. The van der Waals surface area contributed by atoms with Gasteiger partial charge in [0, 0.05) is 27.6 Å². The molecule has 0 radical (unpaired) electrons. The lowest BCUT2D eigenvalue weighted by Gasteiger charge is -2.09. The van der Waals surface area contributed by atoms with Gasteiger partial charge in [0.1, 0.15) is 0 Å². The van der Waals surface area contributed by atoms with Gasteiger partial charge in [-0.1, -0.05) is 12.1 Å². The molecule has 0 saturated carbocycles. The molecule has 140 valence electrons. The van der Waals surface area contributed by atoms with Gasteiger partial charge in [-0.15, -0.1) is 23.1 Å². The lowest BCUT2D eigenvalue weighted by atomic mass is 10.2. The summed E-state index contributed by atoms with van der Waals surface area (Å²) in [5, 5.41) is 4.67. The van der Waals surface area contributed by atoms with Gasteiger partial charge in [0.2, 0.25) is 10.0 Å². The normalized spacial score (nSPS) is 11.3. The summed E-state index contributed by atoms with van der Waals surface area (Å²) < 4.78 is 27.5. The summed E-state index contributed by atoms with van der Waals surface area (Å²) in [5.74, 6) is -0.359. The standard InChI is InChI=1S/C19H18N2O3S3/c1-25-16-9-7-15(8-10-16)21-19(22)14-4-2-6-18(12-14)27(23,24)20-13-17-5-3-11-26-17/h2-12,20H,13H2,1H3,(H,21,22). The minimum atomic E-state index is -3.70. The Morgan fingerprint density at radius 2 is 1.85 bits per heavy atom. The van der Waals surface area contributed by atoms with Crippen molar-refractivity contribution in [2.75, 3.05) is 11.6 Å². The van der Waals surface area contributed by atoms with Gasteiger partial charge in [0.15, 0.2) is 0 Å². The van der Waals surface area contributed by atoms with Crippen LogP contribution in [0.3, 0.4) is 0 Å². The van der Waals surface area contributed by atoms with E-state index in [-0.39, 0.29) is 22.9 Å². The van der Waals surface area contributed by atoms with E-state index in [4.69, 9.17) is 0 Å². The Morgan fingerprint density at radius 3 is 2.52 bits per heavy atom. The van der Waals surface area contributed by atoms with Crippen molar-refractivity contribution >= 4 is 44.7 Å². The molecule has 27 heavy (non-hydrogen) atoms. The zero-order valence-electron chi connectivity index (χ0n) is 14.5. The van der Waals surface area contributed by atoms with E-state index in [9.17, 15) is 13.2 Å². The highest BCUT2D eigenvalue weighted by molar-refractivity contribution is 7.98. The number of anilines is 1. The first-order valence-corrected chi connectivity index (χ1v) is 11.6. The maximum Gasteiger partial charge on any atom is 0.255 e. The summed E-state index contributed by atoms with van der Waals surface area (Å²) >= 11 is 3.09. The van der Waals surface area contributed by atoms with E-state index in [0.29, 0.717) is 5.69 Å². The second kappa shape index (κ2) is 8.71. The lowest BCUT2D eigenvalue weighted by molar-refractivity contribution is 0.102. The SMILES string of the molecule is CSc1ccc(NC(=O)c2cccc(S(=O)(=O)NCc3cccs3)c2)cc1. The van der Waals surface area contributed by atoms with Crippen LogP contribution in [0, 0.1) is 0 Å². The van der Waals surface area contributed by atoms with Crippen LogP contribution in [0.4, 0.5) is 5.69 Å². The third kappa shape index (κ3) is 5.20. The maximum atomic E-state index is 12.5. The second-order valence-electron chi connectivity index (χ2n) is 5.61. The number of thioether (sulfide) groups is 1. The van der Waals surface area contributed by atoms with E-state index in [1.807, 2.05) is 48.0 Å². The van der Waals surface area contributed by atoms with Crippen molar-refractivity contribution in [3.8, 4) is 0 Å². The Kier molecular flexibility index (Phi) is 6.33. The van der Waals surface area contributed by atoms with Crippen LogP contribution < -0.4 is 10.0 Å². The van der Waals surface area contributed by atoms with Crippen molar-refractivity contribution in [1.29, 1.82) is 0 Å². The van der Waals surface area contributed by atoms with E-state index in [1.54, 1.807) is 23.9 Å². The van der Waals surface area contributed by atoms with Crippen LogP contribution >= 0.6 is 23.1 Å². The molecule has 0 fully saturated rings. The molecule has 0 aliphatic carbocycles. The van der Waals surface area contributed by atoms with Gasteiger partial charge in [0.05, 0.1) is 4.90 Å². The second-order valence-corrected chi connectivity index (χ2v) is 9.29. The molecule has 0 aliphatic heterocycles. The average molecular weight is 419 g/mol. The summed E-state index contributed by atoms with van der Waals surface area (Å²) in [6, 6.07) is 17.2. The van der Waals surface area contributed by atoms with Crippen LogP contribution in [0.15, 0.2) is 75.8 Å². The highest BCUT2D eigenvalue weighted by Crippen LogP contribution is 2.19. The molecule has 3 rings (SSSR count). The smallest absolute Gasteiger partial charge is 0.255 e. The number of carbonyl (C=O) groups is 1. The van der Waals surface area contributed by atoms with Gasteiger partial charge in [-0.2, -0.15) is 0 Å². The van der Waals surface area contributed by atoms with Crippen molar-refractivity contribution in [3.63, 3.8) is 0 Å². The number of rotatable bonds is 7. The minimum Gasteiger partial charge on any atom is -0.322 e. The fourth-order valence-corrected chi connectivity index (χ4v) is 4.54. The van der Waals surface area contributed by atoms with Crippen LogP contribution in [-0.2, 0) is 16.6 Å². The predicted molar refractivity (Wildman–Crippen MR) is 111 cm³/mol. The molecule has 3 aromatic rings. The molecular formula is C19H18N2O3S3. The average Bonchev–Trinajstić information content (AvgIpc) is 3.21. The molecule has 1 amide bonds. The lowest BCUT2D eigenvalue weighted by Crippen LogP contribution is -2.23. The minimum absolute atomic E-state index is 0.0597. The van der Waals surface area contributed by atoms with Gasteiger partial charge in [-0.25, -0.2) is 13.1 Å². The molecule has 2 aromatic carbocycles. The zero-order valence-corrected chi connectivity index (χ0v) is 17.0. The number of amides is 1. The fraction of sp³-hybridized carbons (Fsp3) is 0.105. The molecule has 0 aliphatic rings. The number of benzene rings is 2. The van der Waals surface area contributed by atoms with Gasteiger partial charge in [-0.05, 0) is 60.2 Å². The predicted octanol–water partition coefficient (Wildman–Crippen LogP) is 4.20. The fourth-order valence-electron chi connectivity index (χ4n) is 2.34. The summed E-state index contributed by atoms with van der Waals surface area (Å²) in [6.45, 7) is 0.220. The van der Waals surface area contributed by atoms with E-state index in [2.05, 4.69) is 10.0 Å². The van der Waals surface area contributed by atoms with Crippen molar-refractivity contribution in [3.05, 3.63) is 76.5 Å². The molecule has 0 bridgehead atoms. The number of sulfonamides is 1. The number of thiophene rings is 1. The first-order valence-electron chi connectivity index (χ1n) is 8.05. The molecular weight excluding hydrogens is 400 g/mol. The monoisotopic (exact) mass is 418 g/mol. The molecule has 0 unspecified atom stereocenters. The quantitative estimate of drug-likeness (QED) is 0.564. The van der Waals surface area contributed by atoms with Crippen molar-refractivity contribution in [2.24, 2.45) is 0 Å². The molecule has 0 saturated heterocycles. The van der Waals surface area contributed by atoms with Gasteiger partial charge in [0.25, 0.3) is 5.91 Å². The van der Waals surface area contributed by atoms with Crippen LogP contribution in [0.1, 0.15) is 15.2 Å². The number of hydrogen-bond donors (Lipinski definition) is 2. The van der Waals surface area contributed by atoms with Gasteiger partial charge >= 0.3 is 0 Å². The van der Waals surface area contributed by atoms with Crippen LogP contribution in [0.2, 0.25) is 0 Å². The first kappa shape index (κ1) is 19.6. The van der Waals surface area contributed by atoms with Crippen LogP contribution in [0.5, 0.6) is 0 Å². The summed E-state index contributed by atoms with van der Waals surface area (Å²) in [7, 11) is -3.70. The number of nitrogens with one attached hydrogen (secondary N) is 2. The molecule has 1 heterocycles.